The molecule has 1 aromatic carbocycles. The molecule has 2 rings (SSSR count). The van der Waals surface area contributed by atoms with Gasteiger partial charge in [-0.3, -0.25) is 14.6 Å². The zero-order valence-electron chi connectivity index (χ0n) is 13.8. The van der Waals surface area contributed by atoms with Gasteiger partial charge in [0.05, 0.1) is 24.8 Å². The average Bonchev–Trinajstić information content (AvgIpc) is 2.57. The molecule has 1 heterocycles. The Bertz CT molecular complexity index is 749. The van der Waals surface area contributed by atoms with Crippen molar-refractivity contribution < 1.29 is 14.3 Å². The van der Waals surface area contributed by atoms with E-state index in [4.69, 9.17) is 16.3 Å². The fourth-order valence-electron chi connectivity index (χ4n) is 2.42. The highest BCUT2D eigenvalue weighted by atomic mass is 35.5. The first-order chi connectivity index (χ1) is 11.4. The van der Waals surface area contributed by atoms with Crippen LogP contribution in [0.4, 0.5) is 0 Å². The van der Waals surface area contributed by atoms with E-state index >= 15 is 0 Å². The van der Waals surface area contributed by atoms with Gasteiger partial charge < -0.3 is 10.1 Å². The van der Waals surface area contributed by atoms with E-state index in [9.17, 15) is 9.59 Å². The van der Waals surface area contributed by atoms with Crippen molar-refractivity contribution in [1.29, 1.82) is 0 Å². The minimum absolute atomic E-state index is 0.0358. The molecule has 126 valence electrons. The fourth-order valence-corrected chi connectivity index (χ4v) is 2.59. The average molecular weight is 347 g/mol. The predicted octanol–water partition coefficient (Wildman–Crippen LogP) is 3.25. The maximum Gasteiger partial charge on any atom is 0.308 e. The SMILES string of the molecule is COC(=O)CC(C)(NC(=O)c1cccc(Cl)c1C)c1ccccn1. The second kappa shape index (κ2) is 7.45. The molecule has 0 bridgehead atoms. The molecular formula is C18H19ClN2O3. The summed E-state index contributed by atoms with van der Waals surface area (Å²) < 4.78 is 4.76. The number of esters is 1. The van der Waals surface area contributed by atoms with Crippen LogP contribution in [0.3, 0.4) is 0 Å². The summed E-state index contributed by atoms with van der Waals surface area (Å²) in [7, 11) is 1.31. The first kappa shape index (κ1) is 17.9. The van der Waals surface area contributed by atoms with E-state index in [1.165, 1.54) is 7.11 Å². The van der Waals surface area contributed by atoms with Crippen LogP contribution in [0, 0.1) is 6.92 Å². The largest absolute Gasteiger partial charge is 0.469 e. The van der Waals surface area contributed by atoms with E-state index < -0.39 is 11.5 Å². The van der Waals surface area contributed by atoms with Crippen molar-refractivity contribution in [2.75, 3.05) is 7.11 Å². The van der Waals surface area contributed by atoms with E-state index in [0.717, 1.165) is 0 Å². The second-order valence-corrected chi connectivity index (χ2v) is 6.07. The quantitative estimate of drug-likeness (QED) is 0.844. The Hall–Kier alpha value is -2.40. The van der Waals surface area contributed by atoms with Crippen molar-refractivity contribution >= 4 is 23.5 Å². The number of carbonyl (C=O) groups excluding carboxylic acids is 2. The van der Waals surface area contributed by atoms with Crippen LogP contribution in [-0.4, -0.2) is 24.0 Å². The van der Waals surface area contributed by atoms with Crippen LogP contribution >= 0.6 is 11.6 Å². The summed E-state index contributed by atoms with van der Waals surface area (Å²) in [5, 5.41) is 3.41. The molecule has 0 saturated carbocycles. The molecule has 1 unspecified atom stereocenters. The van der Waals surface area contributed by atoms with Crippen LogP contribution in [-0.2, 0) is 15.1 Å². The zero-order valence-corrected chi connectivity index (χ0v) is 14.6. The van der Waals surface area contributed by atoms with Crippen molar-refractivity contribution in [3.8, 4) is 0 Å². The van der Waals surface area contributed by atoms with Gasteiger partial charge in [0, 0.05) is 16.8 Å². The van der Waals surface area contributed by atoms with Gasteiger partial charge in [0.15, 0.2) is 0 Å². The summed E-state index contributed by atoms with van der Waals surface area (Å²) in [6.45, 7) is 3.51. The summed E-state index contributed by atoms with van der Waals surface area (Å²) in [6.07, 6.45) is 1.58. The summed E-state index contributed by atoms with van der Waals surface area (Å²) >= 11 is 6.09. The number of rotatable bonds is 5. The standard InChI is InChI=1S/C18H19ClN2O3/c1-12-13(7-6-8-14(12)19)17(23)21-18(2,11-16(22)24-3)15-9-4-5-10-20-15/h4-10H,11H2,1-3H3,(H,21,23). The van der Waals surface area contributed by atoms with Gasteiger partial charge in [-0.05, 0) is 43.7 Å². The summed E-state index contributed by atoms with van der Waals surface area (Å²) in [4.78, 5) is 28.8. The number of hydrogen-bond donors (Lipinski definition) is 1. The Morgan fingerprint density at radius 2 is 2.00 bits per heavy atom. The number of pyridine rings is 1. The third-order valence-electron chi connectivity index (χ3n) is 3.86. The number of amides is 1. The number of carbonyl (C=O) groups is 2. The number of halogens is 1. The number of hydrogen-bond acceptors (Lipinski definition) is 4. The Balaban J connectivity index is 2.36. The molecule has 1 N–H and O–H groups in total. The number of nitrogens with one attached hydrogen (secondary N) is 1. The molecule has 1 atom stereocenters. The number of nitrogens with zero attached hydrogens (tertiary/aromatic N) is 1. The molecule has 0 spiro atoms. The smallest absolute Gasteiger partial charge is 0.308 e. The van der Waals surface area contributed by atoms with E-state index in [1.54, 1.807) is 56.4 Å². The first-order valence-electron chi connectivity index (χ1n) is 7.43. The van der Waals surface area contributed by atoms with Gasteiger partial charge >= 0.3 is 5.97 Å². The normalized spacial score (nSPS) is 13.0. The summed E-state index contributed by atoms with van der Waals surface area (Å²) in [5.74, 6) is -0.765. The lowest BCUT2D eigenvalue weighted by atomic mass is 9.92. The van der Waals surface area contributed by atoms with Crippen molar-refractivity contribution in [2.45, 2.75) is 25.8 Å². The van der Waals surface area contributed by atoms with Gasteiger partial charge in [0.25, 0.3) is 5.91 Å². The fraction of sp³-hybridized carbons (Fsp3) is 0.278. The molecule has 0 radical (unpaired) electrons. The van der Waals surface area contributed by atoms with Gasteiger partial charge in [-0.1, -0.05) is 23.7 Å². The number of aromatic nitrogens is 1. The van der Waals surface area contributed by atoms with Crippen molar-refractivity contribution in [1.82, 2.24) is 10.3 Å². The van der Waals surface area contributed by atoms with Crippen LogP contribution in [0.5, 0.6) is 0 Å². The monoisotopic (exact) mass is 346 g/mol. The molecule has 0 fully saturated rings. The number of ether oxygens (including phenoxy) is 1. The van der Waals surface area contributed by atoms with E-state index in [0.29, 0.717) is 21.8 Å². The lowest BCUT2D eigenvalue weighted by molar-refractivity contribution is -0.142. The maximum absolute atomic E-state index is 12.7. The van der Waals surface area contributed by atoms with Crippen molar-refractivity contribution in [2.24, 2.45) is 0 Å². The van der Waals surface area contributed by atoms with E-state index in [1.807, 2.05) is 0 Å². The lowest BCUT2D eigenvalue weighted by Gasteiger charge is -2.29. The zero-order chi connectivity index (χ0) is 17.7. The van der Waals surface area contributed by atoms with Gasteiger partial charge in [0.1, 0.15) is 0 Å². The third kappa shape index (κ3) is 3.92. The van der Waals surface area contributed by atoms with E-state index in [2.05, 4.69) is 10.3 Å². The Morgan fingerprint density at radius 3 is 2.62 bits per heavy atom. The molecule has 0 aliphatic carbocycles. The molecule has 0 aliphatic rings. The molecular weight excluding hydrogens is 328 g/mol. The lowest BCUT2D eigenvalue weighted by Crippen LogP contribution is -2.46. The number of methoxy groups -OCH3 is 1. The molecule has 1 amide bonds. The van der Waals surface area contributed by atoms with Gasteiger partial charge in [-0.2, -0.15) is 0 Å². The topological polar surface area (TPSA) is 68.3 Å². The van der Waals surface area contributed by atoms with Crippen LogP contribution in [0.1, 0.15) is 35.0 Å². The van der Waals surface area contributed by atoms with Crippen molar-refractivity contribution in [3.05, 3.63) is 64.4 Å². The first-order valence-corrected chi connectivity index (χ1v) is 7.81. The van der Waals surface area contributed by atoms with Crippen LogP contribution in [0.15, 0.2) is 42.6 Å². The molecule has 2 aromatic rings. The molecule has 0 saturated heterocycles. The highest BCUT2D eigenvalue weighted by Gasteiger charge is 2.34. The van der Waals surface area contributed by atoms with Crippen molar-refractivity contribution in [3.63, 3.8) is 0 Å². The molecule has 1 aromatic heterocycles. The molecule has 6 heteroatoms. The highest BCUT2D eigenvalue weighted by Crippen LogP contribution is 2.25. The summed E-state index contributed by atoms with van der Waals surface area (Å²) in [5.41, 5.74) is 0.705. The molecule has 5 nitrogen and oxygen atoms in total. The highest BCUT2D eigenvalue weighted by molar-refractivity contribution is 6.31. The molecule has 24 heavy (non-hydrogen) atoms. The Labute approximate surface area is 146 Å². The van der Waals surface area contributed by atoms with Gasteiger partial charge in [-0.15, -0.1) is 0 Å². The molecule has 0 aliphatic heterocycles. The maximum atomic E-state index is 12.7. The summed E-state index contributed by atoms with van der Waals surface area (Å²) in [6, 6.07) is 10.4. The minimum atomic E-state index is -1.000. The van der Waals surface area contributed by atoms with E-state index in [-0.39, 0.29) is 12.3 Å². The number of benzene rings is 1. The Morgan fingerprint density at radius 1 is 1.25 bits per heavy atom. The predicted molar refractivity (Wildman–Crippen MR) is 91.9 cm³/mol. The second-order valence-electron chi connectivity index (χ2n) is 5.67. The van der Waals surface area contributed by atoms with Crippen LogP contribution in [0.25, 0.3) is 0 Å². The van der Waals surface area contributed by atoms with Crippen LogP contribution < -0.4 is 5.32 Å². The minimum Gasteiger partial charge on any atom is -0.469 e. The third-order valence-corrected chi connectivity index (χ3v) is 4.27. The van der Waals surface area contributed by atoms with Gasteiger partial charge in [0.2, 0.25) is 0 Å². The Kier molecular flexibility index (Phi) is 5.57. The van der Waals surface area contributed by atoms with Crippen LogP contribution in [0.2, 0.25) is 5.02 Å². The van der Waals surface area contributed by atoms with Gasteiger partial charge in [-0.25, -0.2) is 0 Å².